The molecule has 0 unspecified atom stereocenters. The fourth-order valence-electron chi connectivity index (χ4n) is 1.40. The number of nitrogens with one attached hydrogen (secondary N) is 1. The van der Waals surface area contributed by atoms with E-state index in [9.17, 15) is 4.79 Å². The molecule has 0 saturated heterocycles. The van der Waals surface area contributed by atoms with E-state index >= 15 is 0 Å². The van der Waals surface area contributed by atoms with E-state index < -0.39 is 0 Å². The molecule has 0 fully saturated rings. The number of amides is 1. The third-order valence-electron chi connectivity index (χ3n) is 2.06. The minimum atomic E-state index is -0.0850. The highest BCUT2D eigenvalue weighted by Crippen LogP contribution is 2.06. The first-order valence-corrected chi connectivity index (χ1v) is 5.38. The Kier molecular flexibility index (Phi) is 4.05. The van der Waals surface area contributed by atoms with Gasteiger partial charge < -0.3 is 9.72 Å². The molecule has 0 aliphatic heterocycles. The van der Waals surface area contributed by atoms with Crippen LogP contribution in [0.15, 0.2) is 24.5 Å². The van der Waals surface area contributed by atoms with Crippen molar-refractivity contribution in [2.75, 3.05) is 7.05 Å². The largest absolute Gasteiger partial charge is 0.355 e. The van der Waals surface area contributed by atoms with Gasteiger partial charge in [-0.05, 0) is 19.1 Å². The molecule has 4 nitrogen and oxygen atoms in total. The monoisotopic (exact) mass is 219 g/mol. The maximum atomic E-state index is 11.3. The summed E-state index contributed by atoms with van der Waals surface area (Å²) in [5.74, 6) is -0.0850. The highest BCUT2D eigenvalue weighted by molar-refractivity contribution is 5.93. The number of aromatic nitrogens is 2. The van der Waals surface area contributed by atoms with Crippen LogP contribution in [-0.2, 0) is 0 Å². The quantitative estimate of drug-likeness (QED) is 0.797. The second-order valence-corrected chi connectivity index (χ2v) is 3.14. The smallest absolute Gasteiger partial charge is 0.252 e. The number of carbonyl (C=O) groups excluding carboxylic acids is 1. The van der Waals surface area contributed by atoms with Crippen molar-refractivity contribution in [2.45, 2.75) is 20.8 Å². The molecule has 4 heteroatoms. The van der Waals surface area contributed by atoms with Crippen LogP contribution in [0.2, 0.25) is 0 Å². The maximum Gasteiger partial charge on any atom is 0.252 e. The first-order valence-electron chi connectivity index (χ1n) is 5.38. The predicted octanol–water partition coefficient (Wildman–Crippen LogP) is 2.03. The lowest BCUT2D eigenvalue weighted by Gasteiger charge is -1.99. The number of carbonyl (C=O) groups is 1. The molecule has 16 heavy (non-hydrogen) atoms. The van der Waals surface area contributed by atoms with Crippen LogP contribution in [0.3, 0.4) is 0 Å². The molecule has 0 radical (unpaired) electrons. The average Bonchev–Trinajstić information content (AvgIpc) is 2.69. The van der Waals surface area contributed by atoms with Gasteiger partial charge >= 0.3 is 0 Å². The van der Waals surface area contributed by atoms with Crippen LogP contribution in [-0.4, -0.2) is 22.3 Å². The van der Waals surface area contributed by atoms with Gasteiger partial charge in [0.1, 0.15) is 5.65 Å². The highest BCUT2D eigenvalue weighted by Gasteiger charge is 2.04. The van der Waals surface area contributed by atoms with Crippen LogP contribution >= 0.6 is 0 Å². The molecule has 2 heterocycles. The average molecular weight is 219 g/mol. The van der Waals surface area contributed by atoms with Crippen molar-refractivity contribution in [3.8, 4) is 0 Å². The zero-order valence-corrected chi connectivity index (χ0v) is 10.1. The summed E-state index contributed by atoms with van der Waals surface area (Å²) in [5, 5.41) is 2.58. The Labute approximate surface area is 95.3 Å². The maximum absolute atomic E-state index is 11.3. The van der Waals surface area contributed by atoms with Gasteiger partial charge in [-0.2, -0.15) is 0 Å². The highest BCUT2D eigenvalue weighted by atomic mass is 16.1. The predicted molar refractivity (Wildman–Crippen MR) is 64.7 cm³/mol. The number of imidazole rings is 1. The lowest BCUT2D eigenvalue weighted by Crippen LogP contribution is -2.18. The van der Waals surface area contributed by atoms with Crippen molar-refractivity contribution >= 4 is 11.6 Å². The third kappa shape index (κ3) is 2.39. The second kappa shape index (κ2) is 5.30. The molecule has 2 aromatic heterocycles. The number of pyridine rings is 1. The minimum Gasteiger partial charge on any atom is -0.355 e. The van der Waals surface area contributed by atoms with Gasteiger partial charge in [-0.3, -0.25) is 4.79 Å². The summed E-state index contributed by atoms with van der Waals surface area (Å²) in [6.45, 7) is 5.92. The normalized spacial score (nSPS) is 9.50. The lowest BCUT2D eigenvalue weighted by atomic mass is 10.2. The van der Waals surface area contributed by atoms with E-state index in [1.165, 1.54) is 0 Å². The van der Waals surface area contributed by atoms with Gasteiger partial charge in [0.25, 0.3) is 5.91 Å². The van der Waals surface area contributed by atoms with E-state index in [4.69, 9.17) is 0 Å². The van der Waals surface area contributed by atoms with E-state index in [1.807, 2.05) is 37.4 Å². The summed E-state index contributed by atoms with van der Waals surface area (Å²) in [7, 11) is 1.62. The number of hydrogen-bond donors (Lipinski definition) is 1. The number of hydrogen-bond acceptors (Lipinski definition) is 2. The molecule has 0 saturated carbocycles. The van der Waals surface area contributed by atoms with Crippen molar-refractivity contribution in [1.82, 2.24) is 14.7 Å². The van der Waals surface area contributed by atoms with Crippen molar-refractivity contribution in [2.24, 2.45) is 0 Å². The van der Waals surface area contributed by atoms with Crippen LogP contribution in [0, 0.1) is 6.92 Å². The van der Waals surface area contributed by atoms with E-state index in [2.05, 4.69) is 10.3 Å². The van der Waals surface area contributed by atoms with Crippen molar-refractivity contribution in [1.29, 1.82) is 0 Å². The zero-order valence-electron chi connectivity index (χ0n) is 10.1. The zero-order chi connectivity index (χ0) is 12.1. The fraction of sp³-hybridized carbons (Fsp3) is 0.333. The van der Waals surface area contributed by atoms with E-state index in [0.29, 0.717) is 5.56 Å². The van der Waals surface area contributed by atoms with Gasteiger partial charge in [0, 0.05) is 19.4 Å². The topological polar surface area (TPSA) is 46.4 Å². The number of rotatable bonds is 1. The van der Waals surface area contributed by atoms with E-state index in [1.54, 1.807) is 19.3 Å². The molecule has 0 aromatic carbocycles. The Morgan fingerprint density at radius 1 is 1.31 bits per heavy atom. The van der Waals surface area contributed by atoms with Crippen LogP contribution in [0.25, 0.3) is 5.65 Å². The summed E-state index contributed by atoms with van der Waals surface area (Å²) in [4.78, 5) is 15.6. The molecule has 0 atom stereocenters. The molecule has 0 spiro atoms. The van der Waals surface area contributed by atoms with Gasteiger partial charge in [0.15, 0.2) is 0 Å². The summed E-state index contributed by atoms with van der Waals surface area (Å²) < 4.78 is 1.85. The van der Waals surface area contributed by atoms with E-state index in [0.717, 1.165) is 11.3 Å². The summed E-state index contributed by atoms with van der Waals surface area (Å²) in [5.41, 5.74) is 2.44. The Morgan fingerprint density at radius 3 is 2.62 bits per heavy atom. The van der Waals surface area contributed by atoms with Gasteiger partial charge in [-0.15, -0.1) is 0 Å². The molecule has 1 N–H and O–H groups in total. The summed E-state index contributed by atoms with van der Waals surface area (Å²) in [6.07, 6.45) is 3.66. The van der Waals surface area contributed by atoms with Crippen LogP contribution < -0.4 is 5.32 Å². The number of fused-ring (bicyclic) bond motifs is 1. The first kappa shape index (κ1) is 12.2. The van der Waals surface area contributed by atoms with Crippen molar-refractivity contribution in [3.05, 3.63) is 35.8 Å². The number of nitrogens with zero attached hydrogens (tertiary/aromatic N) is 2. The SMILES string of the molecule is CC.CNC(=O)c1ccc2nc(C)cn2c1. The van der Waals surface area contributed by atoms with Crippen LogP contribution in [0.4, 0.5) is 0 Å². The van der Waals surface area contributed by atoms with Gasteiger partial charge in [0.05, 0.1) is 11.3 Å². The van der Waals surface area contributed by atoms with Gasteiger partial charge in [-0.25, -0.2) is 4.98 Å². The standard InChI is InChI=1S/C10H11N3O.C2H6/c1-7-5-13-6-8(10(14)11-2)3-4-9(13)12-7;1-2/h3-6H,1-2H3,(H,11,14);1-2H3. The van der Waals surface area contributed by atoms with Crippen molar-refractivity contribution < 1.29 is 4.79 Å². The first-order chi connectivity index (χ1) is 7.70. The molecule has 2 aromatic rings. The molecule has 0 aliphatic carbocycles. The molecule has 86 valence electrons. The van der Waals surface area contributed by atoms with Gasteiger partial charge in [-0.1, -0.05) is 13.8 Å². The van der Waals surface area contributed by atoms with Crippen molar-refractivity contribution in [3.63, 3.8) is 0 Å². The lowest BCUT2D eigenvalue weighted by molar-refractivity contribution is 0.0962. The Morgan fingerprint density at radius 2 is 2.00 bits per heavy atom. The fourth-order valence-corrected chi connectivity index (χ4v) is 1.40. The Bertz CT molecular complexity index is 488. The van der Waals surface area contributed by atoms with Crippen LogP contribution in [0.5, 0.6) is 0 Å². The Hall–Kier alpha value is -1.84. The summed E-state index contributed by atoms with van der Waals surface area (Å²) >= 11 is 0. The molecular weight excluding hydrogens is 202 g/mol. The molecule has 0 bridgehead atoms. The third-order valence-corrected chi connectivity index (χ3v) is 2.06. The minimum absolute atomic E-state index is 0.0850. The van der Waals surface area contributed by atoms with Crippen LogP contribution in [0.1, 0.15) is 29.9 Å². The molecular formula is C12H17N3O. The Balaban J connectivity index is 0.000000606. The second-order valence-electron chi connectivity index (χ2n) is 3.14. The molecule has 0 aliphatic rings. The summed E-state index contributed by atoms with van der Waals surface area (Å²) in [6, 6.07) is 3.60. The number of aryl methyl sites for hydroxylation is 1. The van der Waals surface area contributed by atoms with E-state index in [-0.39, 0.29) is 5.91 Å². The molecule has 2 rings (SSSR count). The van der Waals surface area contributed by atoms with Gasteiger partial charge in [0.2, 0.25) is 0 Å². The molecule has 1 amide bonds.